The molecule has 1 heterocycles. The number of nitrogens with zero attached hydrogens (tertiary/aromatic N) is 4. The molecular weight excluding hydrogens is 230 g/mol. The summed E-state index contributed by atoms with van der Waals surface area (Å²) in [6.07, 6.45) is 0. The van der Waals surface area contributed by atoms with E-state index in [2.05, 4.69) is 16.3 Å². The second-order valence-electron chi connectivity index (χ2n) is 4.41. The van der Waals surface area contributed by atoms with Crippen molar-refractivity contribution in [3.8, 4) is 6.07 Å². The third kappa shape index (κ3) is 2.74. The minimum atomic E-state index is -0.465. The number of amides is 1. The van der Waals surface area contributed by atoms with Crippen LogP contribution in [0.4, 0.5) is 5.82 Å². The van der Waals surface area contributed by atoms with Gasteiger partial charge in [-0.3, -0.25) is 4.79 Å². The Morgan fingerprint density at radius 3 is 2.50 bits per heavy atom. The number of carbonyl (C=O) groups excluding carboxylic acids is 1. The number of hydrogen-bond donors (Lipinski definition) is 1. The van der Waals surface area contributed by atoms with Crippen LogP contribution in [0.2, 0.25) is 0 Å². The van der Waals surface area contributed by atoms with Crippen molar-refractivity contribution in [2.75, 3.05) is 11.4 Å². The Bertz CT molecular complexity index is 504. The van der Waals surface area contributed by atoms with E-state index in [9.17, 15) is 10.1 Å². The average molecular weight is 247 g/mol. The van der Waals surface area contributed by atoms with Gasteiger partial charge in [0.2, 0.25) is 5.91 Å². The van der Waals surface area contributed by atoms with Crippen LogP contribution in [0, 0.1) is 25.2 Å². The highest BCUT2D eigenvalue weighted by molar-refractivity contribution is 5.80. The van der Waals surface area contributed by atoms with Crippen LogP contribution in [0.3, 0.4) is 0 Å². The third-order valence-electron chi connectivity index (χ3n) is 2.77. The average Bonchev–Trinajstić information content (AvgIpc) is 2.29. The summed E-state index contributed by atoms with van der Waals surface area (Å²) in [5.41, 5.74) is 7.14. The van der Waals surface area contributed by atoms with Crippen LogP contribution in [0.15, 0.2) is 0 Å². The highest BCUT2D eigenvalue weighted by Crippen LogP contribution is 2.22. The maximum atomic E-state index is 11.1. The molecule has 0 aliphatic rings. The number of nitrogens with two attached hydrogens (primary N) is 1. The lowest BCUT2D eigenvalue weighted by Crippen LogP contribution is -2.40. The summed E-state index contributed by atoms with van der Waals surface area (Å²) in [6.45, 7) is 7.43. The molecular formula is C12H17N5O. The van der Waals surface area contributed by atoms with Crippen molar-refractivity contribution in [1.29, 1.82) is 5.26 Å². The molecule has 0 atom stereocenters. The highest BCUT2D eigenvalue weighted by Gasteiger charge is 2.20. The summed E-state index contributed by atoms with van der Waals surface area (Å²) < 4.78 is 0. The first-order valence-corrected chi connectivity index (χ1v) is 5.67. The minimum Gasteiger partial charge on any atom is -0.368 e. The van der Waals surface area contributed by atoms with Crippen LogP contribution < -0.4 is 10.6 Å². The summed E-state index contributed by atoms with van der Waals surface area (Å²) in [4.78, 5) is 12.8. The van der Waals surface area contributed by atoms with Crippen LogP contribution in [-0.2, 0) is 4.79 Å². The fourth-order valence-electron chi connectivity index (χ4n) is 1.60. The van der Waals surface area contributed by atoms with Crippen LogP contribution in [0.25, 0.3) is 0 Å². The predicted octanol–water partition coefficient (Wildman–Crippen LogP) is 0.665. The van der Waals surface area contributed by atoms with Gasteiger partial charge in [-0.2, -0.15) is 10.4 Å². The van der Waals surface area contributed by atoms with Gasteiger partial charge in [-0.25, -0.2) is 0 Å². The van der Waals surface area contributed by atoms with Crippen molar-refractivity contribution < 1.29 is 4.79 Å². The summed E-state index contributed by atoms with van der Waals surface area (Å²) in [5.74, 6) is -0.0537. The second kappa shape index (κ2) is 5.45. The van der Waals surface area contributed by atoms with Gasteiger partial charge in [-0.15, -0.1) is 5.10 Å². The first-order chi connectivity index (χ1) is 8.38. The maximum absolute atomic E-state index is 11.1. The molecule has 0 aliphatic heterocycles. The Balaban J connectivity index is 3.33. The van der Waals surface area contributed by atoms with E-state index in [-0.39, 0.29) is 12.6 Å². The molecule has 1 rings (SSSR count). The zero-order valence-electron chi connectivity index (χ0n) is 11.1. The molecule has 6 heteroatoms. The van der Waals surface area contributed by atoms with Gasteiger partial charge in [0.25, 0.3) is 0 Å². The monoisotopic (exact) mass is 247 g/mol. The van der Waals surface area contributed by atoms with Gasteiger partial charge in [-0.1, -0.05) is 0 Å². The van der Waals surface area contributed by atoms with Gasteiger partial charge in [-0.05, 0) is 33.3 Å². The molecule has 2 N–H and O–H groups in total. The Kier molecular flexibility index (Phi) is 4.21. The van der Waals surface area contributed by atoms with E-state index in [1.165, 1.54) is 0 Å². The number of primary amides is 1. The Labute approximate surface area is 106 Å². The number of hydrogen-bond acceptors (Lipinski definition) is 5. The van der Waals surface area contributed by atoms with Gasteiger partial charge in [0.05, 0.1) is 12.2 Å². The fourth-order valence-corrected chi connectivity index (χ4v) is 1.60. The lowest BCUT2D eigenvalue weighted by Gasteiger charge is -2.27. The molecule has 18 heavy (non-hydrogen) atoms. The molecule has 0 saturated carbocycles. The van der Waals surface area contributed by atoms with Gasteiger partial charge < -0.3 is 10.6 Å². The number of nitriles is 1. The second-order valence-corrected chi connectivity index (χ2v) is 4.41. The molecule has 0 radical (unpaired) electrons. The van der Waals surface area contributed by atoms with Crippen molar-refractivity contribution in [2.45, 2.75) is 33.7 Å². The number of aromatic nitrogens is 2. The van der Waals surface area contributed by atoms with E-state index in [0.717, 1.165) is 5.56 Å². The molecule has 0 aromatic carbocycles. The quantitative estimate of drug-likeness (QED) is 0.843. The predicted molar refractivity (Wildman–Crippen MR) is 67.9 cm³/mol. The Morgan fingerprint density at radius 1 is 1.44 bits per heavy atom. The largest absolute Gasteiger partial charge is 0.368 e. The normalized spacial score (nSPS) is 10.2. The molecule has 96 valence electrons. The SMILES string of the molecule is Cc1nnc(N(CC(N)=O)C(C)C)c(C#N)c1C. The zero-order chi connectivity index (χ0) is 13.9. The lowest BCUT2D eigenvalue weighted by molar-refractivity contribution is -0.116. The molecule has 0 unspecified atom stereocenters. The van der Waals surface area contributed by atoms with Gasteiger partial charge in [0, 0.05) is 6.04 Å². The molecule has 1 aromatic heterocycles. The molecule has 6 nitrogen and oxygen atoms in total. The molecule has 0 spiro atoms. The summed E-state index contributed by atoms with van der Waals surface area (Å²) >= 11 is 0. The van der Waals surface area contributed by atoms with Crippen molar-refractivity contribution in [1.82, 2.24) is 10.2 Å². The fraction of sp³-hybridized carbons (Fsp3) is 0.500. The van der Waals surface area contributed by atoms with E-state index in [1.807, 2.05) is 20.8 Å². The van der Waals surface area contributed by atoms with Crippen molar-refractivity contribution in [3.63, 3.8) is 0 Å². The lowest BCUT2D eigenvalue weighted by atomic mass is 10.1. The van der Waals surface area contributed by atoms with Crippen LogP contribution >= 0.6 is 0 Å². The van der Waals surface area contributed by atoms with E-state index in [0.29, 0.717) is 17.1 Å². The smallest absolute Gasteiger partial charge is 0.237 e. The van der Waals surface area contributed by atoms with Crippen LogP contribution in [0.5, 0.6) is 0 Å². The van der Waals surface area contributed by atoms with Crippen LogP contribution in [0.1, 0.15) is 30.7 Å². The van der Waals surface area contributed by atoms with Crippen molar-refractivity contribution >= 4 is 11.7 Å². The first-order valence-electron chi connectivity index (χ1n) is 5.67. The van der Waals surface area contributed by atoms with Crippen molar-refractivity contribution in [2.24, 2.45) is 5.73 Å². The minimum absolute atomic E-state index is 0.000932. The Morgan fingerprint density at radius 2 is 2.06 bits per heavy atom. The summed E-state index contributed by atoms with van der Waals surface area (Å²) in [7, 11) is 0. The molecule has 0 fully saturated rings. The molecule has 0 saturated heterocycles. The van der Waals surface area contributed by atoms with E-state index in [4.69, 9.17) is 5.73 Å². The zero-order valence-corrected chi connectivity index (χ0v) is 11.1. The van der Waals surface area contributed by atoms with Crippen molar-refractivity contribution in [3.05, 3.63) is 16.8 Å². The molecule has 0 aliphatic carbocycles. The van der Waals surface area contributed by atoms with E-state index in [1.54, 1.807) is 11.8 Å². The number of rotatable bonds is 4. The topological polar surface area (TPSA) is 95.9 Å². The van der Waals surface area contributed by atoms with Gasteiger partial charge in [0.15, 0.2) is 5.82 Å². The molecule has 1 aromatic rings. The highest BCUT2D eigenvalue weighted by atomic mass is 16.1. The van der Waals surface area contributed by atoms with Gasteiger partial charge in [0.1, 0.15) is 11.6 Å². The third-order valence-corrected chi connectivity index (χ3v) is 2.77. The number of anilines is 1. The van der Waals surface area contributed by atoms with E-state index < -0.39 is 5.91 Å². The van der Waals surface area contributed by atoms with Gasteiger partial charge >= 0.3 is 0 Å². The standard InChI is InChI=1S/C12H17N5O/c1-7(2)17(6-11(14)18)12-10(5-13)8(3)9(4)15-16-12/h7H,6H2,1-4H3,(H2,14,18). The summed E-state index contributed by atoms with van der Waals surface area (Å²) in [6, 6.07) is 2.12. The maximum Gasteiger partial charge on any atom is 0.237 e. The molecule has 1 amide bonds. The first kappa shape index (κ1) is 13.9. The number of aryl methyl sites for hydroxylation is 1. The van der Waals surface area contributed by atoms with E-state index >= 15 is 0 Å². The Hall–Kier alpha value is -2.16. The van der Waals surface area contributed by atoms with Crippen LogP contribution in [-0.4, -0.2) is 28.7 Å². The number of carbonyl (C=O) groups is 1. The summed E-state index contributed by atoms with van der Waals surface area (Å²) in [5, 5.41) is 17.3. The molecule has 0 bridgehead atoms.